The second-order valence-corrected chi connectivity index (χ2v) is 4.53. The molecule has 0 heterocycles. The van der Waals surface area contributed by atoms with E-state index in [9.17, 15) is 4.79 Å². The van der Waals surface area contributed by atoms with Crippen LogP contribution in [0.4, 0.5) is 0 Å². The smallest absolute Gasteiger partial charge is 0.332 e. The Labute approximate surface area is 84.0 Å². The molecule has 78 valence electrons. The summed E-state index contributed by atoms with van der Waals surface area (Å²) in [5, 5.41) is 8.80. The van der Waals surface area contributed by atoms with Crippen LogP contribution in [-0.4, -0.2) is 29.7 Å². The molecule has 0 aromatic heterocycles. The van der Waals surface area contributed by atoms with Crippen molar-refractivity contribution in [1.29, 1.82) is 0 Å². The third kappa shape index (κ3) is 6.84. The number of ether oxygens (including phenoxy) is 1. The predicted molar refractivity (Wildman–Crippen MR) is 52.2 cm³/mol. The molecule has 0 fully saturated rings. The van der Waals surface area contributed by atoms with Crippen molar-refractivity contribution in [2.45, 2.75) is 33.3 Å². The number of alkyl halides is 1. The maximum Gasteiger partial charge on any atom is 0.332 e. The largest absolute Gasteiger partial charge is 0.479 e. The number of halogens is 1. The fraction of sp³-hybridized carbons (Fsp3) is 0.889. The number of carboxylic acids is 1. The van der Waals surface area contributed by atoms with E-state index in [1.807, 2.05) is 20.8 Å². The summed E-state index contributed by atoms with van der Waals surface area (Å²) in [4.78, 5) is 10.7. The molecule has 0 aliphatic heterocycles. The monoisotopic (exact) mass is 208 g/mol. The normalized spacial score (nSPS) is 14.2. The Morgan fingerprint density at radius 2 is 2.08 bits per heavy atom. The van der Waals surface area contributed by atoms with Crippen LogP contribution >= 0.6 is 11.6 Å². The van der Waals surface area contributed by atoms with Crippen molar-refractivity contribution >= 4 is 17.6 Å². The third-order valence-electron chi connectivity index (χ3n) is 1.47. The Balaban J connectivity index is 4.03. The standard InChI is InChI=1S/C9H17ClO3/c1-9(2,3)6-7(8(11)12)13-5-4-10/h7H,4-6H2,1-3H3,(H,11,12). The van der Waals surface area contributed by atoms with E-state index in [1.54, 1.807) is 0 Å². The fourth-order valence-electron chi connectivity index (χ4n) is 0.961. The second-order valence-electron chi connectivity index (χ2n) is 4.15. The van der Waals surface area contributed by atoms with Crippen molar-refractivity contribution in [3.05, 3.63) is 0 Å². The third-order valence-corrected chi connectivity index (χ3v) is 1.62. The van der Waals surface area contributed by atoms with Crippen LogP contribution in [0.25, 0.3) is 0 Å². The number of carbonyl (C=O) groups is 1. The summed E-state index contributed by atoms with van der Waals surface area (Å²) in [5.74, 6) is -0.589. The van der Waals surface area contributed by atoms with E-state index < -0.39 is 12.1 Å². The van der Waals surface area contributed by atoms with E-state index in [0.29, 0.717) is 12.3 Å². The van der Waals surface area contributed by atoms with Crippen LogP contribution in [0.15, 0.2) is 0 Å². The first kappa shape index (κ1) is 12.7. The van der Waals surface area contributed by atoms with Crippen molar-refractivity contribution in [2.24, 2.45) is 5.41 Å². The van der Waals surface area contributed by atoms with E-state index in [0.717, 1.165) is 0 Å². The van der Waals surface area contributed by atoms with Gasteiger partial charge in [0.25, 0.3) is 0 Å². The molecule has 3 nitrogen and oxygen atoms in total. The number of hydrogen-bond acceptors (Lipinski definition) is 2. The van der Waals surface area contributed by atoms with Crippen LogP contribution in [0, 0.1) is 5.41 Å². The van der Waals surface area contributed by atoms with Crippen LogP contribution in [0.1, 0.15) is 27.2 Å². The van der Waals surface area contributed by atoms with Gasteiger partial charge in [-0.05, 0) is 11.8 Å². The lowest BCUT2D eigenvalue weighted by molar-refractivity contribution is -0.151. The zero-order chi connectivity index (χ0) is 10.5. The molecule has 0 bridgehead atoms. The molecule has 0 spiro atoms. The predicted octanol–water partition coefficient (Wildman–Crippen LogP) is 2.13. The Morgan fingerprint density at radius 1 is 1.54 bits per heavy atom. The summed E-state index contributed by atoms with van der Waals surface area (Å²) in [5.41, 5.74) is -0.0463. The molecule has 0 saturated carbocycles. The molecule has 4 heteroatoms. The van der Waals surface area contributed by atoms with Gasteiger partial charge in [0.05, 0.1) is 6.61 Å². The summed E-state index contributed by atoms with van der Waals surface area (Å²) in [6.45, 7) is 6.22. The first-order chi connectivity index (χ1) is 5.87. The van der Waals surface area contributed by atoms with E-state index in [2.05, 4.69) is 0 Å². The first-order valence-corrected chi connectivity index (χ1v) is 4.80. The van der Waals surface area contributed by atoms with Crippen LogP contribution in [0.3, 0.4) is 0 Å². The molecule has 0 saturated heterocycles. The highest BCUT2D eigenvalue weighted by atomic mass is 35.5. The van der Waals surface area contributed by atoms with Crippen molar-refractivity contribution in [3.63, 3.8) is 0 Å². The van der Waals surface area contributed by atoms with Crippen LogP contribution in [0.2, 0.25) is 0 Å². The highest BCUT2D eigenvalue weighted by molar-refractivity contribution is 6.17. The molecule has 13 heavy (non-hydrogen) atoms. The van der Waals surface area contributed by atoms with Gasteiger partial charge in [-0.15, -0.1) is 11.6 Å². The molecule has 0 aromatic rings. The molecule has 1 unspecified atom stereocenters. The van der Waals surface area contributed by atoms with Gasteiger partial charge in [-0.25, -0.2) is 4.79 Å². The van der Waals surface area contributed by atoms with E-state index in [1.165, 1.54) is 0 Å². The van der Waals surface area contributed by atoms with Crippen molar-refractivity contribution in [3.8, 4) is 0 Å². The lowest BCUT2D eigenvalue weighted by Gasteiger charge is -2.23. The quantitative estimate of drug-likeness (QED) is 0.705. The maximum absolute atomic E-state index is 10.7. The Bertz CT molecular complexity index is 163. The van der Waals surface area contributed by atoms with Gasteiger partial charge in [-0.1, -0.05) is 20.8 Å². The topological polar surface area (TPSA) is 46.5 Å². The summed E-state index contributed by atoms with van der Waals surface area (Å²) < 4.78 is 5.10. The van der Waals surface area contributed by atoms with Crippen molar-refractivity contribution in [1.82, 2.24) is 0 Å². The van der Waals surface area contributed by atoms with Gasteiger partial charge in [-0.2, -0.15) is 0 Å². The Kier molecular flexibility index (Phi) is 5.33. The molecule has 0 radical (unpaired) electrons. The van der Waals surface area contributed by atoms with Gasteiger partial charge in [0.1, 0.15) is 0 Å². The van der Waals surface area contributed by atoms with Gasteiger partial charge in [-0.3, -0.25) is 0 Å². The van der Waals surface area contributed by atoms with E-state index >= 15 is 0 Å². The fourth-order valence-corrected chi connectivity index (χ4v) is 1.05. The van der Waals surface area contributed by atoms with Crippen molar-refractivity contribution < 1.29 is 14.6 Å². The number of rotatable bonds is 5. The highest BCUT2D eigenvalue weighted by Crippen LogP contribution is 2.22. The van der Waals surface area contributed by atoms with Gasteiger partial charge < -0.3 is 9.84 Å². The highest BCUT2D eigenvalue weighted by Gasteiger charge is 2.24. The molecule has 0 rings (SSSR count). The average Bonchev–Trinajstić information content (AvgIpc) is 1.95. The Morgan fingerprint density at radius 3 is 2.38 bits per heavy atom. The average molecular weight is 209 g/mol. The number of hydrogen-bond donors (Lipinski definition) is 1. The van der Waals surface area contributed by atoms with Crippen LogP contribution in [0.5, 0.6) is 0 Å². The molecule has 1 N–H and O–H groups in total. The zero-order valence-electron chi connectivity index (χ0n) is 8.34. The van der Waals surface area contributed by atoms with Gasteiger partial charge >= 0.3 is 5.97 Å². The van der Waals surface area contributed by atoms with Crippen LogP contribution < -0.4 is 0 Å². The molecular formula is C9H17ClO3. The maximum atomic E-state index is 10.7. The first-order valence-electron chi connectivity index (χ1n) is 4.27. The molecule has 0 aliphatic rings. The minimum atomic E-state index is -0.917. The number of carboxylic acid groups (broad SMARTS) is 1. The lowest BCUT2D eigenvalue weighted by atomic mass is 9.89. The molecule has 1 atom stereocenters. The Hall–Kier alpha value is -0.280. The van der Waals surface area contributed by atoms with Gasteiger partial charge in [0.15, 0.2) is 6.10 Å². The lowest BCUT2D eigenvalue weighted by Crippen LogP contribution is -2.29. The second kappa shape index (κ2) is 5.45. The zero-order valence-corrected chi connectivity index (χ0v) is 9.10. The molecular weight excluding hydrogens is 192 g/mol. The van der Waals surface area contributed by atoms with Crippen LogP contribution in [-0.2, 0) is 9.53 Å². The molecule has 0 aliphatic carbocycles. The molecule has 0 aromatic carbocycles. The minimum Gasteiger partial charge on any atom is -0.479 e. The molecule has 0 amide bonds. The summed E-state index contributed by atoms with van der Waals surface area (Å²) >= 11 is 5.40. The van der Waals surface area contributed by atoms with Gasteiger partial charge in [0, 0.05) is 5.88 Å². The number of aliphatic carboxylic acids is 1. The summed E-state index contributed by atoms with van der Waals surface area (Å²) in [6, 6.07) is 0. The minimum absolute atomic E-state index is 0.0463. The summed E-state index contributed by atoms with van der Waals surface area (Å²) in [7, 11) is 0. The summed E-state index contributed by atoms with van der Waals surface area (Å²) in [6.07, 6.45) is -0.238. The van der Waals surface area contributed by atoms with Gasteiger partial charge in [0.2, 0.25) is 0 Å². The van der Waals surface area contributed by atoms with Crippen molar-refractivity contribution in [2.75, 3.05) is 12.5 Å². The van der Waals surface area contributed by atoms with E-state index in [4.69, 9.17) is 21.4 Å². The van der Waals surface area contributed by atoms with E-state index in [-0.39, 0.29) is 12.0 Å². The SMILES string of the molecule is CC(C)(C)CC(OCCCl)C(=O)O.